The summed E-state index contributed by atoms with van der Waals surface area (Å²) in [7, 11) is 1.59. The quantitative estimate of drug-likeness (QED) is 0.329. The Balaban J connectivity index is 1.73. The molecule has 1 unspecified atom stereocenters. The number of carbonyl (C=O) groups excluding carboxylic acids is 1. The van der Waals surface area contributed by atoms with E-state index in [1.54, 1.807) is 32.2 Å². The molecule has 188 valence electrons. The molecule has 0 saturated heterocycles. The number of hydrogen-bond acceptors (Lipinski definition) is 6. The Bertz CT molecular complexity index is 1270. The van der Waals surface area contributed by atoms with Crippen molar-refractivity contribution in [3.05, 3.63) is 87.9 Å². The number of halogens is 2. The van der Waals surface area contributed by atoms with Crippen LogP contribution in [0.3, 0.4) is 0 Å². The average Bonchev–Trinajstić information content (AvgIpc) is 3.26. The van der Waals surface area contributed by atoms with Gasteiger partial charge in [0.25, 0.3) is 0 Å². The van der Waals surface area contributed by atoms with Crippen LogP contribution in [0.25, 0.3) is 0 Å². The number of amidine groups is 1. The number of anilines is 1. The molecule has 0 saturated carbocycles. The molecule has 4 rings (SSSR count). The summed E-state index contributed by atoms with van der Waals surface area (Å²) in [6.45, 7) is 7.93. The van der Waals surface area contributed by atoms with Gasteiger partial charge in [0.2, 0.25) is 0 Å². The van der Waals surface area contributed by atoms with Crippen molar-refractivity contribution in [2.45, 2.75) is 46.0 Å². The maximum atomic E-state index is 12.6. The molecule has 0 N–H and O–H groups in total. The van der Waals surface area contributed by atoms with Crippen LogP contribution < -0.4 is 14.5 Å². The number of Topliss-reactive ketones (excluding diaryl/α,β-unsaturated/α-hetero) is 1. The topological polar surface area (TPSA) is 54.4 Å². The van der Waals surface area contributed by atoms with Crippen molar-refractivity contribution in [3.63, 3.8) is 0 Å². The first-order chi connectivity index (χ1) is 17.1. The van der Waals surface area contributed by atoms with E-state index in [1.165, 1.54) is 0 Å². The maximum Gasteiger partial charge on any atom is 0.196 e. The minimum absolute atomic E-state index is 0.100. The molecule has 6 nitrogen and oxygen atoms in total. The molecule has 0 fully saturated rings. The van der Waals surface area contributed by atoms with Crippen LogP contribution in [0.15, 0.2) is 71.8 Å². The van der Waals surface area contributed by atoms with Crippen LogP contribution in [0.1, 0.15) is 45.0 Å². The summed E-state index contributed by atoms with van der Waals surface area (Å²) in [6, 6.07) is 20.9. The molecule has 36 heavy (non-hydrogen) atoms. The number of methoxy groups -OCH3 is 1. The molecule has 3 aromatic rings. The SMILES string of the molecule is COc1cc(C2N(c3ccccc3)N=C(C(C)=O)N2C(C)(C)C)ccc1OCc1c(Cl)cccc1Cl. The predicted octanol–water partition coefficient (Wildman–Crippen LogP) is 7.10. The van der Waals surface area contributed by atoms with Gasteiger partial charge in [0.05, 0.1) is 12.8 Å². The van der Waals surface area contributed by atoms with Gasteiger partial charge in [-0.3, -0.25) is 4.79 Å². The largest absolute Gasteiger partial charge is 0.493 e. The minimum atomic E-state index is -0.387. The van der Waals surface area contributed by atoms with Gasteiger partial charge in [-0.25, -0.2) is 5.01 Å². The molecule has 0 amide bonds. The highest BCUT2D eigenvalue weighted by Crippen LogP contribution is 2.42. The number of nitrogens with zero attached hydrogens (tertiary/aromatic N) is 3. The third-order valence-corrected chi connectivity index (χ3v) is 6.59. The van der Waals surface area contributed by atoms with Gasteiger partial charge in [0.15, 0.2) is 29.3 Å². The van der Waals surface area contributed by atoms with Crippen molar-refractivity contribution in [3.8, 4) is 11.5 Å². The molecular weight excluding hydrogens is 497 g/mol. The summed E-state index contributed by atoms with van der Waals surface area (Å²) in [5, 5.41) is 7.72. The fourth-order valence-electron chi connectivity index (χ4n) is 4.21. The highest BCUT2D eigenvalue weighted by atomic mass is 35.5. The number of ketones is 1. The van der Waals surface area contributed by atoms with Crippen molar-refractivity contribution in [1.29, 1.82) is 0 Å². The number of para-hydroxylation sites is 1. The van der Waals surface area contributed by atoms with Gasteiger partial charge < -0.3 is 14.4 Å². The zero-order valence-corrected chi connectivity index (χ0v) is 22.5. The lowest BCUT2D eigenvalue weighted by atomic mass is 10.0. The smallest absolute Gasteiger partial charge is 0.196 e. The van der Waals surface area contributed by atoms with Crippen LogP contribution in [-0.2, 0) is 11.4 Å². The third kappa shape index (κ3) is 5.15. The maximum absolute atomic E-state index is 12.6. The van der Waals surface area contributed by atoms with Crippen molar-refractivity contribution < 1.29 is 14.3 Å². The number of carbonyl (C=O) groups is 1. The first-order valence-corrected chi connectivity index (χ1v) is 12.3. The van der Waals surface area contributed by atoms with Crippen LogP contribution in [0.4, 0.5) is 5.69 Å². The van der Waals surface area contributed by atoms with E-state index in [0.717, 1.165) is 11.3 Å². The van der Waals surface area contributed by atoms with Crippen molar-refractivity contribution in [2.24, 2.45) is 5.10 Å². The van der Waals surface area contributed by atoms with Gasteiger partial charge in [-0.1, -0.05) is 53.5 Å². The summed E-state index contributed by atoms with van der Waals surface area (Å²) in [5.41, 5.74) is 2.09. The zero-order valence-electron chi connectivity index (χ0n) is 21.0. The highest BCUT2D eigenvalue weighted by Gasteiger charge is 2.43. The molecule has 0 radical (unpaired) electrons. The fourth-order valence-corrected chi connectivity index (χ4v) is 4.72. The van der Waals surface area contributed by atoms with Crippen LogP contribution >= 0.6 is 23.2 Å². The van der Waals surface area contributed by atoms with E-state index in [-0.39, 0.29) is 24.1 Å². The lowest BCUT2D eigenvalue weighted by molar-refractivity contribution is -0.112. The van der Waals surface area contributed by atoms with E-state index in [2.05, 4.69) is 20.8 Å². The van der Waals surface area contributed by atoms with Gasteiger partial charge in [0.1, 0.15) is 6.61 Å². The van der Waals surface area contributed by atoms with Crippen molar-refractivity contribution in [1.82, 2.24) is 4.90 Å². The average molecular weight is 526 g/mol. The molecule has 1 atom stereocenters. The van der Waals surface area contributed by atoms with E-state index in [1.807, 2.05) is 58.4 Å². The summed E-state index contributed by atoms with van der Waals surface area (Å²) in [6.07, 6.45) is -0.368. The van der Waals surface area contributed by atoms with Gasteiger partial charge >= 0.3 is 0 Å². The highest BCUT2D eigenvalue weighted by molar-refractivity contribution is 6.38. The number of rotatable bonds is 7. The van der Waals surface area contributed by atoms with Crippen LogP contribution in [0.2, 0.25) is 10.0 Å². The summed E-state index contributed by atoms with van der Waals surface area (Å²) >= 11 is 12.6. The van der Waals surface area contributed by atoms with Gasteiger partial charge in [-0.15, -0.1) is 5.10 Å². The molecule has 0 bridgehead atoms. The monoisotopic (exact) mass is 525 g/mol. The number of benzene rings is 3. The van der Waals surface area contributed by atoms with Crippen LogP contribution in [0, 0.1) is 0 Å². The second-order valence-electron chi connectivity index (χ2n) is 9.47. The molecular formula is C28H29Cl2N3O3. The second-order valence-corrected chi connectivity index (χ2v) is 10.3. The molecule has 0 aliphatic carbocycles. The zero-order chi connectivity index (χ0) is 26.0. The standard InChI is InChI=1S/C28H29Cl2N3O3/c1-18(34)26-31-33(20-10-7-6-8-11-20)27(32(26)28(2,3)4)19-14-15-24(25(16-19)35-5)36-17-21-22(29)12-9-13-23(21)30/h6-16,27H,17H2,1-5H3. The lowest BCUT2D eigenvalue weighted by Gasteiger charge is -2.40. The Kier molecular flexibility index (Phi) is 7.48. The summed E-state index contributed by atoms with van der Waals surface area (Å²) < 4.78 is 11.8. The number of hydrazone groups is 1. The molecule has 0 spiro atoms. The van der Waals surface area contributed by atoms with Crippen molar-refractivity contribution >= 4 is 40.5 Å². The molecule has 3 aromatic carbocycles. The second kappa shape index (κ2) is 10.4. The van der Waals surface area contributed by atoms with E-state index in [9.17, 15) is 4.79 Å². The first-order valence-electron chi connectivity index (χ1n) is 11.6. The van der Waals surface area contributed by atoms with Crippen molar-refractivity contribution in [2.75, 3.05) is 12.1 Å². The molecule has 1 aliphatic rings. The third-order valence-electron chi connectivity index (χ3n) is 5.88. The molecule has 1 aliphatic heterocycles. The fraction of sp³-hybridized carbons (Fsp3) is 0.286. The first kappa shape index (κ1) is 25.9. The van der Waals surface area contributed by atoms with Gasteiger partial charge in [0, 0.05) is 33.6 Å². The Morgan fingerprint density at radius 2 is 1.64 bits per heavy atom. The number of ether oxygens (including phenoxy) is 2. The Hall–Kier alpha value is -3.22. The van der Waals surface area contributed by atoms with Crippen LogP contribution in [-0.4, -0.2) is 29.2 Å². The lowest BCUT2D eigenvalue weighted by Crippen LogP contribution is -2.49. The molecule has 0 aromatic heterocycles. The summed E-state index contributed by atoms with van der Waals surface area (Å²) in [4.78, 5) is 14.7. The summed E-state index contributed by atoms with van der Waals surface area (Å²) in [5.74, 6) is 1.41. The van der Waals surface area contributed by atoms with E-state index < -0.39 is 0 Å². The van der Waals surface area contributed by atoms with Gasteiger partial charge in [-0.2, -0.15) is 0 Å². The van der Waals surface area contributed by atoms with Crippen LogP contribution in [0.5, 0.6) is 11.5 Å². The Morgan fingerprint density at radius 1 is 0.972 bits per heavy atom. The molecule has 8 heteroatoms. The molecule has 1 heterocycles. The van der Waals surface area contributed by atoms with E-state index in [4.69, 9.17) is 37.8 Å². The minimum Gasteiger partial charge on any atom is -0.493 e. The predicted molar refractivity (Wildman–Crippen MR) is 145 cm³/mol. The van der Waals surface area contributed by atoms with Gasteiger partial charge in [-0.05, 0) is 57.2 Å². The van der Waals surface area contributed by atoms with E-state index in [0.29, 0.717) is 32.9 Å². The van der Waals surface area contributed by atoms with E-state index >= 15 is 0 Å². The normalized spacial score (nSPS) is 15.6. The Morgan fingerprint density at radius 3 is 2.22 bits per heavy atom. The Labute approximate surface area is 222 Å². The number of hydrogen-bond donors (Lipinski definition) is 0.